The van der Waals surface area contributed by atoms with Gasteiger partial charge in [-0.15, -0.1) is 10.2 Å². The van der Waals surface area contributed by atoms with E-state index in [-0.39, 0.29) is 5.91 Å². The number of hydrogen-bond donors (Lipinski definition) is 2. The molecule has 126 valence electrons. The lowest BCUT2D eigenvalue weighted by atomic mass is 10.3. The van der Waals surface area contributed by atoms with E-state index >= 15 is 0 Å². The smallest absolute Gasteiger partial charge is 0.230 e. The molecule has 0 aliphatic carbocycles. The summed E-state index contributed by atoms with van der Waals surface area (Å²) in [4.78, 5) is 16.6. The van der Waals surface area contributed by atoms with Crippen molar-refractivity contribution < 1.29 is 4.79 Å². The molecule has 0 atom stereocenters. The lowest BCUT2D eigenvalue weighted by molar-refractivity contribution is -0.118. The number of fused-ring (bicyclic) bond motifs is 1. The van der Waals surface area contributed by atoms with E-state index in [1.54, 1.807) is 0 Å². The number of hydrogen-bond acceptors (Lipinski definition) is 7. The van der Waals surface area contributed by atoms with Gasteiger partial charge in [0.25, 0.3) is 0 Å². The van der Waals surface area contributed by atoms with Crippen molar-refractivity contribution in [3.05, 3.63) is 30.1 Å². The van der Waals surface area contributed by atoms with E-state index in [9.17, 15) is 4.79 Å². The van der Waals surface area contributed by atoms with Gasteiger partial charge in [-0.2, -0.15) is 0 Å². The van der Waals surface area contributed by atoms with E-state index in [1.165, 1.54) is 23.1 Å². The molecule has 0 unspecified atom stereocenters. The first-order chi connectivity index (χ1) is 11.7. The maximum atomic E-state index is 11.9. The second-order valence-electron chi connectivity index (χ2n) is 5.06. The Balaban J connectivity index is 1.51. The summed E-state index contributed by atoms with van der Waals surface area (Å²) in [6.07, 6.45) is 0.699. The van der Waals surface area contributed by atoms with Crippen LogP contribution in [0, 0.1) is 0 Å². The first-order valence-electron chi connectivity index (χ1n) is 7.60. The Hall–Kier alpha value is -2.13. The van der Waals surface area contributed by atoms with Crippen molar-refractivity contribution in [2.45, 2.75) is 24.2 Å². The Morgan fingerprint density at radius 1 is 1.38 bits per heavy atom. The average molecular weight is 362 g/mol. The molecule has 24 heavy (non-hydrogen) atoms. The lowest BCUT2D eigenvalue weighted by Crippen LogP contribution is -2.28. The molecular formula is C15H18N6OS2. The number of imidazole rings is 1. The number of nitrogens with zero attached hydrogens (tertiary/aromatic N) is 4. The Labute approximate surface area is 147 Å². The Morgan fingerprint density at radius 3 is 2.96 bits per heavy atom. The van der Waals surface area contributed by atoms with Gasteiger partial charge < -0.3 is 15.6 Å². The Bertz CT molecular complexity index is 843. The third kappa shape index (κ3) is 3.85. The van der Waals surface area contributed by atoms with Crippen LogP contribution in [0.5, 0.6) is 0 Å². The predicted octanol–water partition coefficient (Wildman–Crippen LogP) is 1.94. The van der Waals surface area contributed by atoms with Gasteiger partial charge in [0.2, 0.25) is 11.0 Å². The molecule has 0 spiro atoms. The summed E-state index contributed by atoms with van der Waals surface area (Å²) in [5.41, 5.74) is 7.63. The van der Waals surface area contributed by atoms with Gasteiger partial charge in [-0.05, 0) is 19.1 Å². The number of rotatable bonds is 7. The molecule has 0 radical (unpaired) electrons. The maximum Gasteiger partial charge on any atom is 0.230 e. The summed E-state index contributed by atoms with van der Waals surface area (Å²) in [6, 6.07) is 8.07. The number of benzene rings is 1. The quantitative estimate of drug-likeness (QED) is 0.623. The van der Waals surface area contributed by atoms with Crippen LogP contribution in [0.4, 0.5) is 5.13 Å². The summed E-state index contributed by atoms with van der Waals surface area (Å²) in [7, 11) is 0. The van der Waals surface area contributed by atoms with E-state index < -0.39 is 0 Å². The molecule has 3 rings (SSSR count). The summed E-state index contributed by atoms with van der Waals surface area (Å²) < 4.78 is 2.88. The van der Waals surface area contributed by atoms with E-state index in [0.717, 1.165) is 23.4 Å². The number of carbonyl (C=O) groups is 1. The number of aromatic nitrogens is 4. The molecule has 0 fully saturated rings. The van der Waals surface area contributed by atoms with Crippen molar-refractivity contribution in [1.82, 2.24) is 25.1 Å². The third-order valence-electron chi connectivity index (χ3n) is 3.47. The number of nitrogen functional groups attached to an aromatic ring is 1. The molecule has 2 aromatic heterocycles. The highest BCUT2D eigenvalue weighted by atomic mass is 32.2. The van der Waals surface area contributed by atoms with Gasteiger partial charge in [-0.25, -0.2) is 4.98 Å². The minimum Gasteiger partial charge on any atom is -0.374 e. The monoisotopic (exact) mass is 362 g/mol. The fourth-order valence-electron chi connectivity index (χ4n) is 2.44. The number of carbonyl (C=O) groups excluding carboxylic acids is 1. The summed E-state index contributed by atoms with van der Waals surface area (Å²) in [5.74, 6) is 1.26. The predicted molar refractivity (Wildman–Crippen MR) is 97.2 cm³/mol. The molecule has 0 aliphatic rings. The fraction of sp³-hybridized carbons (Fsp3) is 0.333. The Kier molecular flexibility index (Phi) is 5.31. The van der Waals surface area contributed by atoms with Crippen LogP contribution in [0.1, 0.15) is 12.7 Å². The van der Waals surface area contributed by atoms with Crippen molar-refractivity contribution >= 4 is 45.2 Å². The van der Waals surface area contributed by atoms with Crippen molar-refractivity contribution in [1.29, 1.82) is 0 Å². The number of aryl methyl sites for hydroxylation is 1. The van der Waals surface area contributed by atoms with Crippen LogP contribution in [-0.4, -0.2) is 38.0 Å². The van der Waals surface area contributed by atoms with E-state index in [0.29, 0.717) is 28.2 Å². The molecule has 1 amide bonds. The second-order valence-corrected chi connectivity index (χ2v) is 7.29. The Morgan fingerprint density at radius 2 is 2.21 bits per heavy atom. The number of amides is 1. The summed E-state index contributed by atoms with van der Waals surface area (Å²) in [6.45, 7) is 3.51. The van der Waals surface area contributed by atoms with Gasteiger partial charge in [-0.3, -0.25) is 4.79 Å². The highest BCUT2D eigenvalue weighted by molar-refractivity contribution is 8.01. The molecule has 1 aromatic carbocycles. The zero-order chi connectivity index (χ0) is 16.9. The largest absolute Gasteiger partial charge is 0.374 e. The zero-order valence-electron chi connectivity index (χ0n) is 13.2. The third-order valence-corrected chi connectivity index (χ3v) is 5.36. The van der Waals surface area contributed by atoms with Crippen LogP contribution in [0.25, 0.3) is 11.0 Å². The molecule has 0 bridgehead atoms. The van der Waals surface area contributed by atoms with Crippen LogP contribution in [0.3, 0.4) is 0 Å². The van der Waals surface area contributed by atoms with Crippen molar-refractivity contribution in [3.8, 4) is 0 Å². The van der Waals surface area contributed by atoms with E-state index in [2.05, 4.69) is 38.1 Å². The van der Waals surface area contributed by atoms with Gasteiger partial charge >= 0.3 is 0 Å². The number of nitrogens with one attached hydrogen (secondary N) is 1. The van der Waals surface area contributed by atoms with Gasteiger partial charge in [0.1, 0.15) is 5.82 Å². The lowest BCUT2D eigenvalue weighted by Gasteiger charge is -2.07. The fourth-order valence-corrected chi connectivity index (χ4v) is 3.91. The first-order valence-corrected chi connectivity index (χ1v) is 9.40. The highest BCUT2D eigenvalue weighted by Gasteiger charge is 2.10. The molecule has 0 saturated heterocycles. The minimum atomic E-state index is -0.0343. The molecule has 2 heterocycles. The van der Waals surface area contributed by atoms with Crippen LogP contribution in [0.2, 0.25) is 0 Å². The van der Waals surface area contributed by atoms with Gasteiger partial charge in [-0.1, -0.05) is 35.2 Å². The molecule has 3 aromatic rings. The second kappa shape index (κ2) is 7.63. The number of nitrogens with two attached hydrogens (primary N) is 1. The molecule has 7 nitrogen and oxygen atoms in total. The molecule has 3 N–H and O–H groups in total. The normalized spacial score (nSPS) is 11.0. The van der Waals surface area contributed by atoms with Crippen molar-refractivity contribution in [2.75, 3.05) is 18.0 Å². The number of para-hydroxylation sites is 2. The molecule has 9 heteroatoms. The zero-order valence-corrected chi connectivity index (χ0v) is 14.9. The summed E-state index contributed by atoms with van der Waals surface area (Å²) >= 11 is 2.62. The van der Waals surface area contributed by atoms with E-state index in [4.69, 9.17) is 5.73 Å². The topological polar surface area (TPSA) is 98.7 Å². The average Bonchev–Trinajstić information content (AvgIpc) is 3.15. The molecule has 0 saturated carbocycles. The van der Waals surface area contributed by atoms with E-state index in [1.807, 2.05) is 18.2 Å². The number of anilines is 1. The maximum absolute atomic E-state index is 11.9. The molecule has 0 aliphatic heterocycles. The van der Waals surface area contributed by atoms with Crippen molar-refractivity contribution in [3.63, 3.8) is 0 Å². The number of thioether (sulfide) groups is 1. The highest BCUT2D eigenvalue weighted by Crippen LogP contribution is 2.23. The van der Waals surface area contributed by atoms with Crippen molar-refractivity contribution in [2.24, 2.45) is 0 Å². The van der Waals surface area contributed by atoms with Gasteiger partial charge in [0, 0.05) is 19.5 Å². The first kappa shape index (κ1) is 16.7. The van der Waals surface area contributed by atoms with Gasteiger partial charge in [0.15, 0.2) is 4.34 Å². The summed E-state index contributed by atoms with van der Waals surface area (Å²) in [5, 5.41) is 10.9. The van der Waals surface area contributed by atoms with Crippen LogP contribution < -0.4 is 11.1 Å². The SMILES string of the molecule is CCn1c(CCNC(=O)CSc2nnc(N)s2)nc2ccccc21. The molecular weight excluding hydrogens is 344 g/mol. The van der Waals surface area contributed by atoms with Gasteiger partial charge in [0.05, 0.1) is 16.8 Å². The van der Waals surface area contributed by atoms with Crippen LogP contribution >= 0.6 is 23.1 Å². The van der Waals surface area contributed by atoms with Crippen LogP contribution in [0.15, 0.2) is 28.6 Å². The van der Waals surface area contributed by atoms with Crippen LogP contribution in [-0.2, 0) is 17.8 Å². The minimum absolute atomic E-state index is 0.0343. The standard InChI is InChI=1S/C15H18N6OS2/c1-2-21-11-6-4-3-5-10(11)18-12(21)7-8-17-13(22)9-23-15-20-19-14(16)24-15/h3-6H,2,7-9H2,1H3,(H2,16,19)(H,17,22).